The van der Waals surface area contributed by atoms with Gasteiger partial charge in [-0.05, 0) is 56.0 Å². The van der Waals surface area contributed by atoms with Crippen molar-refractivity contribution in [3.05, 3.63) is 28.8 Å². The van der Waals surface area contributed by atoms with Crippen LogP contribution in [0.25, 0.3) is 0 Å². The van der Waals surface area contributed by atoms with E-state index in [2.05, 4.69) is 17.0 Å². The van der Waals surface area contributed by atoms with Crippen molar-refractivity contribution in [1.82, 2.24) is 10.0 Å². The van der Waals surface area contributed by atoms with Crippen molar-refractivity contribution < 1.29 is 8.42 Å². The first-order valence-corrected chi connectivity index (χ1v) is 8.66. The van der Waals surface area contributed by atoms with Crippen molar-refractivity contribution in [3.8, 4) is 0 Å². The molecule has 0 aliphatic carbocycles. The van der Waals surface area contributed by atoms with Gasteiger partial charge in [0.05, 0.1) is 4.90 Å². The minimum Gasteiger partial charge on any atom is -0.317 e. The number of nitrogens with one attached hydrogen (secondary N) is 2. The number of benzene rings is 1. The van der Waals surface area contributed by atoms with Gasteiger partial charge >= 0.3 is 0 Å². The summed E-state index contributed by atoms with van der Waals surface area (Å²) in [5.41, 5.74) is 0.613. The van der Waals surface area contributed by atoms with E-state index in [0.717, 1.165) is 25.9 Å². The number of sulfonamides is 1. The van der Waals surface area contributed by atoms with Gasteiger partial charge in [0.1, 0.15) is 0 Å². The Balaban J connectivity index is 2.13. The maximum absolute atomic E-state index is 12.4. The van der Waals surface area contributed by atoms with Crippen LogP contribution >= 0.6 is 11.6 Å². The first-order chi connectivity index (χ1) is 9.34. The minimum atomic E-state index is -3.51. The van der Waals surface area contributed by atoms with E-state index in [9.17, 15) is 8.42 Å². The van der Waals surface area contributed by atoms with Crippen LogP contribution in [0.2, 0.25) is 5.02 Å². The normalized spacial score (nSPS) is 18.9. The second-order valence-corrected chi connectivity index (χ2v) is 7.89. The van der Waals surface area contributed by atoms with Gasteiger partial charge in [-0.3, -0.25) is 0 Å². The maximum Gasteiger partial charge on any atom is 0.240 e. The smallest absolute Gasteiger partial charge is 0.240 e. The van der Waals surface area contributed by atoms with E-state index < -0.39 is 10.0 Å². The zero-order chi connectivity index (χ0) is 14.8. The number of halogens is 1. The summed E-state index contributed by atoms with van der Waals surface area (Å²) in [7, 11) is -3.51. The molecule has 0 atom stereocenters. The minimum absolute atomic E-state index is 0.0187. The summed E-state index contributed by atoms with van der Waals surface area (Å²) in [6.07, 6.45) is 1.95. The van der Waals surface area contributed by atoms with Crippen molar-refractivity contribution in [1.29, 1.82) is 0 Å². The summed E-state index contributed by atoms with van der Waals surface area (Å²) in [6.45, 7) is 6.19. The van der Waals surface area contributed by atoms with Crippen LogP contribution in [-0.2, 0) is 10.0 Å². The molecule has 0 aromatic heterocycles. The first kappa shape index (κ1) is 15.8. The van der Waals surface area contributed by atoms with Crippen molar-refractivity contribution in [3.63, 3.8) is 0 Å². The standard InChI is InChI=1S/C14H21ClN2O2S/c1-11-12(15)4-3-5-13(11)20(18,19)17-10-14(2)6-8-16-9-7-14/h3-5,16-17H,6-10H2,1-2H3. The van der Waals surface area contributed by atoms with Crippen LogP contribution in [0.15, 0.2) is 23.1 Å². The number of hydrogen-bond donors (Lipinski definition) is 2. The lowest BCUT2D eigenvalue weighted by Crippen LogP contribution is -2.42. The van der Waals surface area contributed by atoms with E-state index in [-0.39, 0.29) is 10.3 Å². The third-order valence-corrected chi connectivity index (χ3v) is 5.96. The van der Waals surface area contributed by atoms with Crippen molar-refractivity contribution in [2.24, 2.45) is 5.41 Å². The van der Waals surface area contributed by atoms with Crippen LogP contribution < -0.4 is 10.0 Å². The Labute approximate surface area is 126 Å². The Bertz CT molecular complexity index is 581. The predicted molar refractivity (Wildman–Crippen MR) is 81.6 cm³/mol. The van der Waals surface area contributed by atoms with E-state index in [4.69, 9.17) is 11.6 Å². The zero-order valence-electron chi connectivity index (χ0n) is 11.9. The molecule has 2 rings (SSSR count). The molecule has 2 N–H and O–H groups in total. The monoisotopic (exact) mass is 316 g/mol. The van der Waals surface area contributed by atoms with Crippen LogP contribution in [0, 0.1) is 12.3 Å². The van der Waals surface area contributed by atoms with Crippen LogP contribution in [-0.4, -0.2) is 28.1 Å². The Morgan fingerprint density at radius 1 is 1.35 bits per heavy atom. The Morgan fingerprint density at radius 3 is 2.65 bits per heavy atom. The molecule has 1 heterocycles. The molecular formula is C14H21ClN2O2S. The largest absolute Gasteiger partial charge is 0.317 e. The number of piperidine rings is 1. The van der Waals surface area contributed by atoms with E-state index in [1.165, 1.54) is 0 Å². The molecule has 0 saturated carbocycles. The molecule has 1 aromatic carbocycles. The molecule has 1 fully saturated rings. The van der Waals surface area contributed by atoms with E-state index in [0.29, 0.717) is 17.1 Å². The summed E-state index contributed by atoms with van der Waals surface area (Å²) in [6, 6.07) is 4.95. The van der Waals surface area contributed by atoms with Gasteiger partial charge in [-0.1, -0.05) is 24.6 Å². The first-order valence-electron chi connectivity index (χ1n) is 6.80. The average molecular weight is 317 g/mol. The molecule has 0 radical (unpaired) electrons. The molecule has 1 saturated heterocycles. The molecule has 0 amide bonds. The molecule has 0 spiro atoms. The van der Waals surface area contributed by atoms with E-state index in [1.807, 2.05) is 0 Å². The van der Waals surface area contributed by atoms with Gasteiger partial charge in [-0.25, -0.2) is 13.1 Å². The summed E-state index contributed by atoms with van der Waals surface area (Å²) in [5, 5.41) is 3.76. The molecule has 6 heteroatoms. The number of rotatable bonds is 4. The van der Waals surface area contributed by atoms with Gasteiger partial charge in [0.2, 0.25) is 10.0 Å². The molecule has 112 valence electrons. The summed E-state index contributed by atoms with van der Waals surface area (Å²) in [4.78, 5) is 0.266. The second kappa shape index (κ2) is 6.02. The van der Waals surface area contributed by atoms with Crippen LogP contribution in [0.3, 0.4) is 0 Å². The van der Waals surface area contributed by atoms with Crippen LogP contribution in [0.5, 0.6) is 0 Å². The maximum atomic E-state index is 12.4. The summed E-state index contributed by atoms with van der Waals surface area (Å²) < 4.78 is 27.5. The van der Waals surface area contributed by atoms with Crippen LogP contribution in [0.4, 0.5) is 0 Å². The van der Waals surface area contributed by atoms with Gasteiger partial charge in [0.25, 0.3) is 0 Å². The van der Waals surface area contributed by atoms with Gasteiger partial charge in [-0.2, -0.15) is 0 Å². The van der Waals surface area contributed by atoms with Crippen molar-refractivity contribution in [2.45, 2.75) is 31.6 Å². The molecule has 1 aliphatic heterocycles. The highest BCUT2D eigenvalue weighted by atomic mass is 35.5. The van der Waals surface area contributed by atoms with Gasteiger partial charge in [0.15, 0.2) is 0 Å². The van der Waals surface area contributed by atoms with Gasteiger partial charge in [0, 0.05) is 11.6 Å². The highest BCUT2D eigenvalue weighted by Gasteiger charge is 2.29. The number of hydrogen-bond acceptors (Lipinski definition) is 3. The molecular weight excluding hydrogens is 296 g/mol. The highest BCUT2D eigenvalue weighted by molar-refractivity contribution is 7.89. The third kappa shape index (κ3) is 3.52. The fourth-order valence-electron chi connectivity index (χ4n) is 2.43. The summed E-state index contributed by atoms with van der Waals surface area (Å²) in [5.74, 6) is 0. The van der Waals surface area contributed by atoms with Crippen molar-refractivity contribution in [2.75, 3.05) is 19.6 Å². The summed E-state index contributed by atoms with van der Waals surface area (Å²) >= 11 is 6.00. The van der Waals surface area contributed by atoms with Crippen molar-refractivity contribution >= 4 is 21.6 Å². The van der Waals surface area contributed by atoms with E-state index >= 15 is 0 Å². The molecule has 1 aliphatic rings. The zero-order valence-corrected chi connectivity index (χ0v) is 13.4. The fourth-order valence-corrected chi connectivity index (χ4v) is 4.13. The second-order valence-electron chi connectivity index (χ2n) is 5.75. The lowest BCUT2D eigenvalue weighted by atomic mass is 9.81. The molecule has 0 unspecified atom stereocenters. The highest BCUT2D eigenvalue weighted by Crippen LogP contribution is 2.28. The van der Waals surface area contributed by atoms with E-state index in [1.54, 1.807) is 25.1 Å². The molecule has 20 heavy (non-hydrogen) atoms. The molecule has 0 bridgehead atoms. The van der Waals surface area contributed by atoms with Gasteiger partial charge < -0.3 is 5.32 Å². The lowest BCUT2D eigenvalue weighted by Gasteiger charge is -2.34. The average Bonchev–Trinajstić information content (AvgIpc) is 2.41. The SMILES string of the molecule is Cc1c(Cl)cccc1S(=O)(=O)NCC1(C)CCNCC1. The Morgan fingerprint density at radius 2 is 2.00 bits per heavy atom. The predicted octanol–water partition coefficient (Wildman–Crippen LogP) is 2.32. The topological polar surface area (TPSA) is 58.2 Å². The quantitative estimate of drug-likeness (QED) is 0.896. The Kier molecular flexibility index (Phi) is 4.74. The molecule has 1 aromatic rings. The van der Waals surface area contributed by atoms with Gasteiger partial charge in [-0.15, -0.1) is 0 Å². The lowest BCUT2D eigenvalue weighted by molar-refractivity contribution is 0.232. The Hall–Kier alpha value is -0.620. The molecule has 4 nitrogen and oxygen atoms in total. The van der Waals surface area contributed by atoms with Crippen LogP contribution in [0.1, 0.15) is 25.3 Å². The fraction of sp³-hybridized carbons (Fsp3) is 0.571. The third-order valence-electron chi connectivity index (χ3n) is 4.01.